The number of halogens is 1. The van der Waals surface area contributed by atoms with Gasteiger partial charge >= 0.3 is 0 Å². The molecule has 0 aliphatic carbocycles. The topological polar surface area (TPSA) is 36.3 Å². The normalized spacial score (nSPS) is 19.6. The van der Waals surface area contributed by atoms with E-state index in [1.54, 1.807) is 7.11 Å². The number of methoxy groups -OCH3 is 1. The molecule has 1 saturated heterocycles. The van der Waals surface area contributed by atoms with Crippen molar-refractivity contribution in [3.8, 4) is 6.07 Å². The molecule has 0 bridgehead atoms. The lowest BCUT2D eigenvalue weighted by Crippen LogP contribution is -2.37. The van der Waals surface area contributed by atoms with Crippen LogP contribution in [0.4, 0.5) is 5.69 Å². The predicted octanol–water partition coefficient (Wildman–Crippen LogP) is 3.07. The number of hydrogen-bond donors (Lipinski definition) is 0. The van der Waals surface area contributed by atoms with E-state index in [9.17, 15) is 5.26 Å². The smallest absolute Gasteiger partial charge is 0.101 e. The molecule has 1 aromatic rings. The lowest BCUT2D eigenvalue weighted by atomic mass is 9.97. The first-order valence-corrected chi connectivity index (χ1v) is 6.56. The van der Waals surface area contributed by atoms with Crippen LogP contribution < -0.4 is 4.90 Å². The number of ether oxygens (including phenoxy) is 1. The second-order valence-corrected chi connectivity index (χ2v) is 5.06. The van der Waals surface area contributed by atoms with Crippen LogP contribution in [0, 0.1) is 17.2 Å². The Morgan fingerprint density at radius 3 is 3.11 bits per heavy atom. The van der Waals surface area contributed by atoms with Crippen molar-refractivity contribution in [1.82, 2.24) is 0 Å². The van der Waals surface area contributed by atoms with Gasteiger partial charge in [-0.15, -0.1) is 0 Å². The van der Waals surface area contributed by atoms with E-state index in [4.69, 9.17) is 16.3 Å². The van der Waals surface area contributed by atoms with Gasteiger partial charge in [-0.25, -0.2) is 0 Å². The van der Waals surface area contributed by atoms with Gasteiger partial charge in [0.2, 0.25) is 0 Å². The first kappa shape index (κ1) is 13.2. The number of piperidine rings is 1. The largest absolute Gasteiger partial charge is 0.384 e. The second kappa shape index (κ2) is 6.08. The summed E-state index contributed by atoms with van der Waals surface area (Å²) in [5.41, 5.74) is 1.53. The Morgan fingerprint density at radius 1 is 1.56 bits per heavy atom. The van der Waals surface area contributed by atoms with Gasteiger partial charge in [-0.05, 0) is 30.9 Å². The lowest BCUT2D eigenvalue weighted by molar-refractivity contribution is 0.143. The van der Waals surface area contributed by atoms with Crippen LogP contribution in [-0.2, 0) is 4.74 Å². The number of rotatable bonds is 3. The van der Waals surface area contributed by atoms with E-state index in [0.717, 1.165) is 31.8 Å². The molecule has 1 aliphatic heterocycles. The minimum absolute atomic E-state index is 0.520. The van der Waals surface area contributed by atoms with Crippen LogP contribution in [0.25, 0.3) is 0 Å². The van der Waals surface area contributed by atoms with Crippen molar-refractivity contribution in [2.24, 2.45) is 5.92 Å². The number of nitrogens with zero attached hydrogens (tertiary/aromatic N) is 2. The number of nitriles is 1. The van der Waals surface area contributed by atoms with Crippen molar-refractivity contribution in [2.45, 2.75) is 12.8 Å². The van der Waals surface area contributed by atoms with Crippen LogP contribution in [0.1, 0.15) is 18.4 Å². The Hall–Kier alpha value is -1.24. The Labute approximate surface area is 113 Å². The van der Waals surface area contributed by atoms with E-state index >= 15 is 0 Å². The summed E-state index contributed by atoms with van der Waals surface area (Å²) in [6.45, 7) is 2.63. The van der Waals surface area contributed by atoms with Gasteiger partial charge in [-0.1, -0.05) is 17.7 Å². The van der Waals surface area contributed by atoms with Crippen molar-refractivity contribution in [3.63, 3.8) is 0 Å². The fourth-order valence-electron chi connectivity index (χ4n) is 2.57. The van der Waals surface area contributed by atoms with Crippen molar-refractivity contribution in [2.75, 3.05) is 31.7 Å². The van der Waals surface area contributed by atoms with Gasteiger partial charge in [-0.2, -0.15) is 5.26 Å². The highest BCUT2D eigenvalue weighted by Crippen LogP contribution is 2.32. The molecule has 2 rings (SSSR count). The Kier molecular flexibility index (Phi) is 4.46. The molecule has 18 heavy (non-hydrogen) atoms. The average molecular weight is 265 g/mol. The molecule has 1 atom stereocenters. The predicted molar refractivity (Wildman–Crippen MR) is 73.0 cm³/mol. The first-order valence-electron chi connectivity index (χ1n) is 6.18. The zero-order valence-corrected chi connectivity index (χ0v) is 11.3. The van der Waals surface area contributed by atoms with Gasteiger partial charge in [0, 0.05) is 20.2 Å². The van der Waals surface area contributed by atoms with E-state index in [1.807, 2.05) is 18.2 Å². The van der Waals surface area contributed by atoms with Crippen LogP contribution in [0.3, 0.4) is 0 Å². The molecule has 0 aromatic heterocycles. The summed E-state index contributed by atoms with van der Waals surface area (Å²) in [6.07, 6.45) is 2.29. The van der Waals surface area contributed by atoms with Gasteiger partial charge in [-0.3, -0.25) is 0 Å². The maximum absolute atomic E-state index is 9.18. The standard InChI is InChI=1S/C14H17ClN2O/c1-18-10-11-4-3-7-17(9-11)14-12(8-16)5-2-6-13(14)15/h2,5-6,11H,3-4,7,9-10H2,1H3. The molecule has 0 spiro atoms. The van der Waals surface area contributed by atoms with Crippen molar-refractivity contribution < 1.29 is 4.74 Å². The zero-order valence-electron chi connectivity index (χ0n) is 10.5. The van der Waals surface area contributed by atoms with E-state index in [-0.39, 0.29) is 0 Å². The monoisotopic (exact) mass is 264 g/mol. The van der Waals surface area contributed by atoms with Crippen LogP contribution >= 0.6 is 11.6 Å². The molecule has 96 valence electrons. The quantitative estimate of drug-likeness (QED) is 0.842. The summed E-state index contributed by atoms with van der Waals surface area (Å²) in [5.74, 6) is 0.520. The van der Waals surface area contributed by atoms with Crippen molar-refractivity contribution in [3.05, 3.63) is 28.8 Å². The maximum Gasteiger partial charge on any atom is 0.101 e. The van der Waals surface area contributed by atoms with E-state index in [0.29, 0.717) is 16.5 Å². The van der Waals surface area contributed by atoms with Gasteiger partial charge in [0.25, 0.3) is 0 Å². The lowest BCUT2D eigenvalue weighted by Gasteiger charge is -2.35. The summed E-state index contributed by atoms with van der Waals surface area (Å²) in [7, 11) is 1.73. The minimum atomic E-state index is 0.520. The Balaban J connectivity index is 2.23. The second-order valence-electron chi connectivity index (χ2n) is 4.66. The number of benzene rings is 1. The summed E-state index contributed by atoms with van der Waals surface area (Å²) >= 11 is 6.24. The summed E-state index contributed by atoms with van der Waals surface area (Å²) in [6, 6.07) is 7.71. The molecular formula is C14H17ClN2O. The number of hydrogen-bond acceptors (Lipinski definition) is 3. The Morgan fingerprint density at radius 2 is 2.39 bits per heavy atom. The van der Waals surface area contributed by atoms with Crippen LogP contribution in [0.15, 0.2) is 18.2 Å². The minimum Gasteiger partial charge on any atom is -0.384 e. The van der Waals surface area contributed by atoms with Crippen LogP contribution in [0.2, 0.25) is 5.02 Å². The molecule has 0 radical (unpaired) electrons. The molecule has 0 N–H and O–H groups in total. The van der Waals surface area contributed by atoms with Gasteiger partial charge in [0.05, 0.1) is 22.9 Å². The fraction of sp³-hybridized carbons (Fsp3) is 0.500. The molecule has 1 fully saturated rings. The highest BCUT2D eigenvalue weighted by molar-refractivity contribution is 6.33. The number of anilines is 1. The van der Waals surface area contributed by atoms with Gasteiger partial charge < -0.3 is 9.64 Å². The van der Waals surface area contributed by atoms with Crippen molar-refractivity contribution in [1.29, 1.82) is 5.26 Å². The third kappa shape index (κ3) is 2.77. The summed E-state index contributed by atoms with van der Waals surface area (Å²) < 4.78 is 5.23. The van der Waals surface area contributed by atoms with Crippen LogP contribution in [0.5, 0.6) is 0 Å². The third-order valence-electron chi connectivity index (χ3n) is 3.34. The summed E-state index contributed by atoms with van der Waals surface area (Å²) in [4.78, 5) is 2.22. The van der Waals surface area contributed by atoms with Crippen molar-refractivity contribution >= 4 is 17.3 Å². The molecule has 1 aliphatic rings. The zero-order chi connectivity index (χ0) is 13.0. The molecule has 1 aromatic carbocycles. The maximum atomic E-state index is 9.18. The molecule has 4 heteroatoms. The number of para-hydroxylation sites is 1. The first-order chi connectivity index (χ1) is 8.76. The average Bonchev–Trinajstić information content (AvgIpc) is 2.39. The highest BCUT2D eigenvalue weighted by Gasteiger charge is 2.23. The van der Waals surface area contributed by atoms with Gasteiger partial charge in [0.15, 0.2) is 0 Å². The Bertz CT molecular complexity index is 454. The van der Waals surface area contributed by atoms with Crippen LogP contribution in [-0.4, -0.2) is 26.8 Å². The van der Waals surface area contributed by atoms with E-state index < -0.39 is 0 Å². The van der Waals surface area contributed by atoms with E-state index in [2.05, 4.69) is 11.0 Å². The molecule has 1 unspecified atom stereocenters. The molecule has 3 nitrogen and oxygen atoms in total. The molecule has 1 heterocycles. The molecule has 0 amide bonds. The third-order valence-corrected chi connectivity index (χ3v) is 3.65. The SMILES string of the molecule is COCC1CCCN(c2c(Cl)cccc2C#N)C1. The summed E-state index contributed by atoms with van der Waals surface area (Å²) in [5, 5.41) is 9.84. The van der Waals surface area contributed by atoms with E-state index in [1.165, 1.54) is 6.42 Å². The molecule has 0 saturated carbocycles. The molecular weight excluding hydrogens is 248 g/mol. The fourth-order valence-corrected chi connectivity index (χ4v) is 2.86. The highest BCUT2D eigenvalue weighted by atomic mass is 35.5. The van der Waals surface area contributed by atoms with Gasteiger partial charge in [0.1, 0.15) is 6.07 Å².